The summed E-state index contributed by atoms with van der Waals surface area (Å²) in [5.74, 6) is 0. The Labute approximate surface area is 167 Å². The van der Waals surface area contributed by atoms with Gasteiger partial charge in [0.1, 0.15) is 5.60 Å². The summed E-state index contributed by atoms with van der Waals surface area (Å²) in [5.41, 5.74) is -0.00490. The van der Waals surface area contributed by atoms with Crippen LogP contribution in [-0.4, -0.2) is 56.8 Å². The van der Waals surface area contributed by atoms with Gasteiger partial charge in [-0.05, 0) is 49.5 Å². The Morgan fingerprint density at radius 3 is 2.44 bits per heavy atom. The molecule has 2 heterocycles. The van der Waals surface area contributed by atoms with Gasteiger partial charge in [-0.2, -0.15) is 0 Å². The molecule has 1 saturated heterocycles. The van der Waals surface area contributed by atoms with Crippen LogP contribution in [0.4, 0.5) is 10.5 Å². The van der Waals surface area contributed by atoms with Gasteiger partial charge >= 0.3 is 6.09 Å². The molecule has 2 rings (SSSR count). The molecule has 1 aliphatic rings. The number of alkyl carbamates (subject to hydrolysis) is 1. The molecule has 0 saturated carbocycles. The maximum Gasteiger partial charge on any atom is 0.407 e. The molecule has 150 valence electrons. The van der Waals surface area contributed by atoms with E-state index in [9.17, 15) is 18.0 Å². The van der Waals surface area contributed by atoms with E-state index in [2.05, 4.69) is 26.2 Å². The van der Waals surface area contributed by atoms with Crippen LogP contribution in [0.2, 0.25) is 0 Å². The lowest BCUT2D eigenvalue weighted by molar-refractivity contribution is 0.0497. The third kappa shape index (κ3) is 5.65. The zero-order valence-corrected chi connectivity index (χ0v) is 18.2. The van der Waals surface area contributed by atoms with Crippen LogP contribution in [0.15, 0.2) is 15.7 Å². The van der Waals surface area contributed by atoms with Gasteiger partial charge in [0.15, 0.2) is 21.1 Å². The van der Waals surface area contributed by atoms with Gasteiger partial charge in [0.2, 0.25) is 0 Å². The van der Waals surface area contributed by atoms with Crippen molar-refractivity contribution >= 4 is 43.8 Å². The number of aromatic nitrogens is 1. The molecule has 1 fully saturated rings. The fourth-order valence-corrected chi connectivity index (χ4v) is 4.28. The Morgan fingerprint density at radius 1 is 1.37 bits per heavy atom. The van der Waals surface area contributed by atoms with Crippen molar-refractivity contribution in [3.8, 4) is 0 Å². The number of ether oxygens (including phenoxy) is 1. The molecule has 0 atom stereocenters. The summed E-state index contributed by atoms with van der Waals surface area (Å²) < 4.78 is 29.7. The van der Waals surface area contributed by atoms with E-state index in [1.807, 2.05) is 4.90 Å². The van der Waals surface area contributed by atoms with Gasteiger partial charge in [-0.25, -0.2) is 18.2 Å². The summed E-state index contributed by atoms with van der Waals surface area (Å²) in [5, 5.41) is 2.62. The highest BCUT2D eigenvalue weighted by atomic mass is 79.9. The Morgan fingerprint density at radius 2 is 1.96 bits per heavy atom. The molecule has 1 amide bonds. The van der Waals surface area contributed by atoms with Crippen molar-refractivity contribution in [2.75, 3.05) is 24.2 Å². The monoisotopic (exact) mass is 461 g/mol. The van der Waals surface area contributed by atoms with Crippen LogP contribution in [0.25, 0.3) is 0 Å². The minimum atomic E-state index is -3.63. The zero-order chi connectivity index (χ0) is 20.4. The lowest BCUT2D eigenvalue weighted by Gasteiger charge is -2.35. The van der Waals surface area contributed by atoms with Crippen molar-refractivity contribution in [3.05, 3.63) is 16.2 Å². The maximum absolute atomic E-state index is 11.9. The van der Waals surface area contributed by atoms with E-state index >= 15 is 0 Å². The minimum absolute atomic E-state index is 0.0467. The maximum atomic E-state index is 11.9. The molecule has 0 bridgehead atoms. The average molecular weight is 462 g/mol. The second-order valence-corrected chi connectivity index (χ2v) is 10.3. The van der Waals surface area contributed by atoms with Crippen LogP contribution < -0.4 is 10.2 Å². The molecule has 0 unspecified atom stereocenters. The quantitative estimate of drug-likeness (QED) is 0.686. The van der Waals surface area contributed by atoms with Crippen LogP contribution in [0.1, 0.15) is 44.0 Å². The largest absolute Gasteiger partial charge is 0.444 e. The van der Waals surface area contributed by atoms with Crippen molar-refractivity contribution < 1.29 is 22.7 Å². The van der Waals surface area contributed by atoms with Gasteiger partial charge in [-0.1, -0.05) is 0 Å². The topological polar surface area (TPSA) is 106 Å². The third-order valence-electron chi connectivity index (χ3n) is 4.01. The Balaban J connectivity index is 2.15. The molecule has 10 heteroatoms. The molecule has 0 aliphatic carbocycles. The van der Waals surface area contributed by atoms with Crippen molar-refractivity contribution in [2.24, 2.45) is 0 Å². The van der Waals surface area contributed by atoms with Crippen LogP contribution in [0.3, 0.4) is 0 Å². The molecular formula is C17H24BrN3O5S. The van der Waals surface area contributed by atoms with Gasteiger partial charge < -0.3 is 15.0 Å². The van der Waals surface area contributed by atoms with Crippen molar-refractivity contribution in [1.29, 1.82) is 0 Å². The first-order chi connectivity index (χ1) is 12.4. The first-order valence-electron chi connectivity index (χ1n) is 8.50. The SMILES string of the molecule is CC(C)(C)OC(=O)NC1CCN(c2c(Br)cnc(S(C)(=O)=O)c2C=O)CC1. The third-order valence-corrected chi connectivity index (χ3v) is 5.62. The van der Waals surface area contributed by atoms with E-state index in [1.54, 1.807) is 20.8 Å². The second kappa shape index (κ2) is 8.14. The van der Waals surface area contributed by atoms with E-state index in [1.165, 1.54) is 6.20 Å². The summed E-state index contributed by atoms with van der Waals surface area (Å²) in [4.78, 5) is 29.3. The van der Waals surface area contributed by atoms with E-state index < -0.39 is 21.5 Å². The number of hydrogen-bond acceptors (Lipinski definition) is 7. The number of pyridine rings is 1. The van der Waals surface area contributed by atoms with Gasteiger partial charge in [-0.3, -0.25) is 4.79 Å². The van der Waals surface area contributed by atoms with Gasteiger partial charge in [-0.15, -0.1) is 0 Å². The number of piperidine rings is 1. The Kier molecular flexibility index (Phi) is 6.51. The normalized spacial score (nSPS) is 16.1. The number of amides is 1. The first kappa shape index (κ1) is 21.6. The molecule has 1 aliphatic heterocycles. The highest BCUT2D eigenvalue weighted by Gasteiger charge is 2.28. The number of sulfone groups is 1. The number of aldehydes is 1. The van der Waals surface area contributed by atoms with Crippen LogP contribution in [-0.2, 0) is 14.6 Å². The molecular weight excluding hydrogens is 438 g/mol. The standard InChI is InChI=1S/C17H24BrN3O5S/c1-17(2,3)26-16(23)20-11-5-7-21(8-6-11)14-12(10-22)15(27(4,24)25)19-9-13(14)18/h9-11H,5-8H2,1-4H3,(H,20,23). The highest BCUT2D eigenvalue weighted by Crippen LogP contribution is 2.34. The molecule has 0 radical (unpaired) electrons. The second-order valence-electron chi connectivity index (χ2n) is 7.47. The lowest BCUT2D eigenvalue weighted by atomic mass is 10.0. The number of hydrogen-bond donors (Lipinski definition) is 1. The summed E-state index contributed by atoms with van der Waals surface area (Å²) in [6, 6.07) is -0.0502. The number of carbonyl (C=O) groups excluding carboxylic acids is 2. The summed E-state index contributed by atoms with van der Waals surface area (Å²) in [6.45, 7) is 6.50. The summed E-state index contributed by atoms with van der Waals surface area (Å²) in [7, 11) is -3.63. The fourth-order valence-electron chi connectivity index (χ4n) is 2.92. The number of nitrogens with one attached hydrogen (secondary N) is 1. The number of carbonyl (C=O) groups is 2. The predicted octanol–water partition coefficient (Wildman–Crippen LogP) is 2.55. The minimum Gasteiger partial charge on any atom is -0.444 e. The van der Waals surface area contributed by atoms with Crippen molar-refractivity contribution in [2.45, 2.75) is 50.3 Å². The van der Waals surface area contributed by atoms with Gasteiger partial charge in [0.25, 0.3) is 0 Å². The van der Waals surface area contributed by atoms with E-state index in [-0.39, 0.29) is 16.6 Å². The van der Waals surface area contributed by atoms with Crippen molar-refractivity contribution in [1.82, 2.24) is 10.3 Å². The molecule has 1 aromatic heterocycles. The Hall–Kier alpha value is -1.68. The number of halogens is 1. The van der Waals surface area contributed by atoms with E-state index in [0.29, 0.717) is 42.4 Å². The fraction of sp³-hybridized carbons (Fsp3) is 0.588. The van der Waals surface area contributed by atoms with E-state index in [4.69, 9.17) is 4.74 Å². The van der Waals surface area contributed by atoms with Crippen LogP contribution >= 0.6 is 15.9 Å². The molecule has 0 spiro atoms. The zero-order valence-electron chi connectivity index (χ0n) is 15.8. The van der Waals surface area contributed by atoms with Crippen LogP contribution in [0, 0.1) is 0 Å². The summed E-state index contributed by atoms with van der Waals surface area (Å²) >= 11 is 3.37. The number of nitrogens with zero attached hydrogens (tertiary/aromatic N) is 2. The molecule has 8 nitrogen and oxygen atoms in total. The number of anilines is 1. The van der Waals surface area contributed by atoms with Gasteiger partial charge in [0, 0.05) is 31.6 Å². The smallest absolute Gasteiger partial charge is 0.407 e. The average Bonchev–Trinajstić information content (AvgIpc) is 2.52. The molecule has 1 N–H and O–H groups in total. The molecule has 27 heavy (non-hydrogen) atoms. The lowest BCUT2D eigenvalue weighted by Crippen LogP contribution is -2.46. The molecule has 0 aromatic carbocycles. The summed E-state index contributed by atoms with van der Waals surface area (Å²) in [6.07, 6.45) is 3.76. The first-order valence-corrected chi connectivity index (χ1v) is 11.2. The van der Waals surface area contributed by atoms with Crippen LogP contribution in [0.5, 0.6) is 0 Å². The van der Waals surface area contributed by atoms with Gasteiger partial charge in [0.05, 0.1) is 15.7 Å². The molecule has 1 aromatic rings. The predicted molar refractivity (Wildman–Crippen MR) is 105 cm³/mol. The number of rotatable bonds is 4. The van der Waals surface area contributed by atoms with E-state index in [0.717, 1.165) is 6.26 Å². The highest BCUT2D eigenvalue weighted by molar-refractivity contribution is 9.10. The van der Waals surface area contributed by atoms with Crippen molar-refractivity contribution in [3.63, 3.8) is 0 Å². The Bertz CT molecular complexity index is 828.